The highest BCUT2D eigenvalue weighted by Gasteiger charge is 2.23. The summed E-state index contributed by atoms with van der Waals surface area (Å²) in [6.45, 7) is 6.85. The summed E-state index contributed by atoms with van der Waals surface area (Å²) in [6.07, 6.45) is 0. The van der Waals surface area contributed by atoms with E-state index in [1.807, 2.05) is 11.3 Å². The van der Waals surface area contributed by atoms with E-state index in [-0.39, 0.29) is 5.54 Å². The lowest BCUT2D eigenvalue weighted by molar-refractivity contribution is 0.424. The molecule has 0 N–H and O–H groups in total. The summed E-state index contributed by atoms with van der Waals surface area (Å²) in [4.78, 5) is 0. The van der Waals surface area contributed by atoms with Crippen LogP contribution in [0.3, 0.4) is 0 Å². The van der Waals surface area contributed by atoms with E-state index in [1.165, 1.54) is 31.2 Å². The Morgan fingerprint density at radius 3 is 2.25 bits per heavy atom. The SMILES string of the molecule is CC(C)(C)n1c2ccccc2c2sc3ccccc3c21. The number of hydrogen-bond donors (Lipinski definition) is 0. The van der Waals surface area contributed by atoms with Crippen LogP contribution >= 0.6 is 11.3 Å². The summed E-state index contributed by atoms with van der Waals surface area (Å²) in [5, 5.41) is 2.75. The number of thiophene rings is 1. The highest BCUT2D eigenvalue weighted by Crippen LogP contribution is 2.42. The van der Waals surface area contributed by atoms with Gasteiger partial charge in [0.2, 0.25) is 0 Å². The van der Waals surface area contributed by atoms with Crippen LogP contribution in [0.15, 0.2) is 48.5 Å². The van der Waals surface area contributed by atoms with Gasteiger partial charge in [0.1, 0.15) is 0 Å². The van der Waals surface area contributed by atoms with Crippen LogP contribution < -0.4 is 0 Å². The molecule has 2 heteroatoms. The van der Waals surface area contributed by atoms with Crippen molar-refractivity contribution in [1.29, 1.82) is 0 Å². The van der Waals surface area contributed by atoms with Crippen LogP contribution in [0.1, 0.15) is 20.8 Å². The summed E-state index contributed by atoms with van der Waals surface area (Å²) < 4.78 is 5.29. The molecule has 0 atom stereocenters. The van der Waals surface area contributed by atoms with E-state index < -0.39 is 0 Å². The van der Waals surface area contributed by atoms with Gasteiger partial charge in [-0.1, -0.05) is 36.4 Å². The highest BCUT2D eigenvalue weighted by molar-refractivity contribution is 7.26. The Hall–Kier alpha value is -1.80. The van der Waals surface area contributed by atoms with Crippen LogP contribution in [0.2, 0.25) is 0 Å². The minimum absolute atomic E-state index is 0.0746. The smallest absolute Gasteiger partial charge is 0.0686 e. The number of benzene rings is 2. The van der Waals surface area contributed by atoms with Gasteiger partial charge in [-0.05, 0) is 32.9 Å². The first kappa shape index (κ1) is 12.0. The maximum atomic E-state index is 2.50. The number of fused-ring (bicyclic) bond motifs is 5. The predicted molar refractivity (Wildman–Crippen MR) is 89.8 cm³/mol. The van der Waals surface area contributed by atoms with Gasteiger partial charge < -0.3 is 4.57 Å². The summed E-state index contributed by atoms with van der Waals surface area (Å²) >= 11 is 1.91. The lowest BCUT2D eigenvalue weighted by Crippen LogP contribution is -2.21. The average Bonchev–Trinajstić information content (AvgIpc) is 2.92. The molecular weight excluding hydrogens is 262 g/mol. The van der Waals surface area contributed by atoms with Crippen LogP contribution in [0, 0.1) is 0 Å². The van der Waals surface area contributed by atoms with E-state index in [9.17, 15) is 0 Å². The summed E-state index contributed by atoms with van der Waals surface area (Å²) in [5.41, 5.74) is 2.80. The maximum Gasteiger partial charge on any atom is 0.0686 e. The van der Waals surface area contributed by atoms with Crippen molar-refractivity contribution in [1.82, 2.24) is 4.57 Å². The summed E-state index contributed by atoms with van der Waals surface area (Å²) in [6, 6.07) is 17.5. The number of aromatic nitrogens is 1. The van der Waals surface area contributed by atoms with E-state index in [2.05, 4.69) is 73.9 Å². The predicted octanol–water partition coefficient (Wildman–Crippen LogP) is 5.76. The Morgan fingerprint density at radius 2 is 1.50 bits per heavy atom. The largest absolute Gasteiger partial charge is 0.334 e. The third-order valence-corrected chi connectivity index (χ3v) is 5.05. The second kappa shape index (κ2) is 3.86. The molecule has 1 nitrogen and oxygen atoms in total. The number of para-hydroxylation sites is 1. The third-order valence-electron chi connectivity index (χ3n) is 3.85. The minimum atomic E-state index is 0.0746. The lowest BCUT2D eigenvalue weighted by atomic mass is 10.1. The molecular formula is C18H17NS. The zero-order valence-corrected chi connectivity index (χ0v) is 12.8. The van der Waals surface area contributed by atoms with Gasteiger partial charge in [0.05, 0.1) is 15.7 Å². The molecule has 0 unspecified atom stereocenters. The zero-order chi connectivity index (χ0) is 13.9. The van der Waals surface area contributed by atoms with E-state index in [4.69, 9.17) is 0 Å². The normalized spacial score (nSPS) is 12.8. The van der Waals surface area contributed by atoms with Crippen molar-refractivity contribution in [3.63, 3.8) is 0 Å². The van der Waals surface area contributed by atoms with E-state index >= 15 is 0 Å². The van der Waals surface area contributed by atoms with Gasteiger partial charge in [0.25, 0.3) is 0 Å². The Balaban J connectivity index is 2.35. The van der Waals surface area contributed by atoms with Crippen molar-refractivity contribution in [3.8, 4) is 0 Å². The molecule has 100 valence electrons. The Bertz CT molecular complexity index is 928. The van der Waals surface area contributed by atoms with Gasteiger partial charge >= 0.3 is 0 Å². The molecule has 0 amide bonds. The second-order valence-electron chi connectivity index (χ2n) is 6.30. The monoisotopic (exact) mass is 279 g/mol. The van der Waals surface area contributed by atoms with Crippen LogP contribution in [-0.4, -0.2) is 4.57 Å². The molecule has 0 bridgehead atoms. The van der Waals surface area contributed by atoms with Crippen molar-refractivity contribution >= 4 is 42.5 Å². The summed E-state index contributed by atoms with van der Waals surface area (Å²) in [7, 11) is 0. The van der Waals surface area contributed by atoms with Crippen molar-refractivity contribution in [2.24, 2.45) is 0 Å². The molecule has 0 aliphatic carbocycles. The first-order valence-corrected chi connectivity index (χ1v) is 7.80. The van der Waals surface area contributed by atoms with Crippen LogP contribution in [-0.2, 0) is 5.54 Å². The Morgan fingerprint density at radius 1 is 0.850 bits per heavy atom. The molecule has 2 aromatic carbocycles. The van der Waals surface area contributed by atoms with Crippen LogP contribution in [0.4, 0.5) is 0 Å². The number of hydrogen-bond acceptors (Lipinski definition) is 1. The molecule has 20 heavy (non-hydrogen) atoms. The number of nitrogens with zero attached hydrogens (tertiary/aromatic N) is 1. The van der Waals surface area contributed by atoms with Gasteiger partial charge in [-0.25, -0.2) is 0 Å². The van der Waals surface area contributed by atoms with E-state index in [0.717, 1.165) is 0 Å². The van der Waals surface area contributed by atoms with Crippen molar-refractivity contribution in [2.45, 2.75) is 26.3 Å². The maximum absolute atomic E-state index is 2.50. The third kappa shape index (κ3) is 1.49. The molecule has 0 saturated carbocycles. The Kier molecular flexibility index (Phi) is 2.31. The van der Waals surface area contributed by atoms with Gasteiger partial charge in [-0.3, -0.25) is 0 Å². The van der Waals surface area contributed by atoms with Gasteiger partial charge in [-0.2, -0.15) is 0 Å². The minimum Gasteiger partial charge on any atom is -0.334 e. The fourth-order valence-corrected chi connectivity index (χ4v) is 4.34. The molecule has 2 heterocycles. The highest BCUT2D eigenvalue weighted by atomic mass is 32.1. The van der Waals surface area contributed by atoms with Gasteiger partial charge in [-0.15, -0.1) is 11.3 Å². The van der Waals surface area contributed by atoms with Gasteiger partial charge in [0.15, 0.2) is 0 Å². The fourth-order valence-electron chi connectivity index (χ4n) is 3.11. The second-order valence-corrected chi connectivity index (χ2v) is 7.35. The molecule has 0 spiro atoms. The molecule has 4 rings (SSSR count). The zero-order valence-electron chi connectivity index (χ0n) is 12.0. The number of rotatable bonds is 0. The molecule has 0 aliphatic rings. The standard InChI is InChI=1S/C18H17NS/c1-18(2,3)19-14-10-6-4-8-12(14)17-16(19)13-9-5-7-11-15(13)20-17/h4-11H,1-3H3. The first-order chi connectivity index (χ1) is 9.57. The fraction of sp³-hybridized carbons (Fsp3) is 0.222. The van der Waals surface area contributed by atoms with Crippen LogP contribution in [0.5, 0.6) is 0 Å². The van der Waals surface area contributed by atoms with Crippen molar-refractivity contribution in [3.05, 3.63) is 48.5 Å². The molecule has 4 aromatic rings. The molecule has 0 saturated heterocycles. The topological polar surface area (TPSA) is 4.93 Å². The van der Waals surface area contributed by atoms with Crippen LogP contribution in [0.25, 0.3) is 31.2 Å². The molecule has 0 fully saturated rings. The van der Waals surface area contributed by atoms with Gasteiger partial charge in [0, 0.05) is 21.0 Å². The first-order valence-electron chi connectivity index (χ1n) is 6.98. The van der Waals surface area contributed by atoms with Crippen molar-refractivity contribution in [2.75, 3.05) is 0 Å². The van der Waals surface area contributed by atoms with Crippen molar-refractivity contribution < 1.29 is 0 Å². The Labute approximate surface area is 122 Å². The van der Waals surface area contributed by atoms with E-state index in [0.29, 0.717) is 0 Å². The quantitative estimate of drug-likeness (QED) is 0.385. The van der Waals surface area contributed by atoms with E-state index in [1.54, 1.807) is 0 Å². The molecule has 0 aliphatic heterocycles. The molecule has 0 radical (unpaired) electrons. The average molecular weight is 279 g/mol. The molecule has 2 aromatic heterocycles. The lowest BCUT2D eigenvalue weighted by Gasteiger charge is -2.24. The summed E-state index contributed by atoms with van der Waals surface area (Å²) in [5.74, 6) is 0.